The quantitative estimate of drug-likeness (QED) is 0.305. The van der Waals surface area contributed by atoms with Gasteiger partial charge in [0.05, 0.1) is 13.0 Å². The van der Waals surface area contributed by atoms with Crippen LogP contribution in [0.2, 0.25) is 0 Å². The van der Waals surface area contributed by atoms with Crippen LogP contribution >= 0.6 is 0 Å². The normalized spacial score (nSPS) is 12.7. The standard InChI is InChI=1S/C30H36N4O6/c1-19-9-11-21(12-10-19)26(27(37)32-23-14-13-20-7-5-6-8-22(20)17-23)34(15-16-35)28(38)24(18-25(31)36)33-29(39)40-30(2,3)4/h5-14,17,24,26,35H,15-16,18H2,1-4H3,(H2,31,36)(H,32,37)(H,33,39). The monoisotopic (exact) mass is 548 g/mol. The molecule has 212 valence electrons. The van der Waals surface area contributed by atoms with Crippen molar-refractivity contribution in [3.05, 3.63) is 77.9 Å². The predicted molar refractivity (Wildman–Crippen MR) is 152 cm³/mol. The molecule has 0 saturated heterocycles. The van der Waals surface area contributed by atoms with Crippen LogP contribution in [0.1, 0.15) is 44.4 Å². The maximum atomic E-state index is 13.8. The maximum Gasteiger partial charge on any atom is 0.408 e. The van der Waals surface area contributed by atoms with Crippen LogP contribution in [0, 0.1) is 6.92 Å². The number of ether oxygens (including phenoxy) is 1. The van der Waals surface area contributed by atoms with Crippen molar-refractivity contribution < 1.29 is 29.0 Å². The highest BCUT2D eigenvalue weighted by Crippen LogP contribution is 2.26. The van der Waals surface area contributed by atoms with Crippen LogP contribution in [-0.4, -0.2) is 58.6 Å². The second-order valence-corrected chi connectivity index (χ2v) is 10.5. The van der Waals surface area contributed by atoms with Gasteiger partial charge in [-0.25, -0.2) is 4.79 Å². The largest absolute Gasteiger partial charge is 0.444 e. The van der Waals surface area contributed by atoms with E-state index in [0.29, 0.717) is 11.3 Å². The Labute approximate surface area is 233 Å². The molecule has 0 aliphatic heterocycles. The van der Waals surface area contributed by atoms with Gasteiger partial charge in [-0.2, -0.15) is 0 Å². The van der Waals surface area contributed by atoms with E-state index in [0.717, 1.165) is 21.2 Å². The molecule has 10 heteroatoms. The van der Waals surface area contributed by atoms with Crippen LogP contribution in [-0.2, 0) is 19.1 Å². The first kappa shape index (κ1) is 30.1. The van der Waals surface area contributed by atoms with Gasteiger partial charge in [0, 0.05) is 12.2 Å². The molecule has 0 spiro atoms. The number of benzene rings is 3. The van der Waals surface area contributed by atoms with Gasteiger partial charge in [0.25, 0.3) is 5.91 Å². The highest BCUT2D eigenvalue weighted by molar-refractivity contribution is 6.01. The molecule has 0 aromatic heterocycles. The molecular weight excluding hydrogens is 512 g/mol. The Morgan fingerprint density at radius 2 is 1.62 bits per heavy atom. The number of nitrogens with two attached hydrogens (primary N) is 1. The maximum absolute atomic E-state index is 13.8. The summed E-state index contributed by atoms with van der Waals surface area (Å²) in [6.07, 6.45) is -1.46. The number of nitrogens with one attached hydrogen (secondary N) is 2. The summed E-state index contributed by atoms with van der Waals surface area (Å²) in [5.74, 6) is -2.17. The number of hydrogen-bond acceptors (Lipinski definition) is 6. The average Bonchev–Trinajstić information content (AvgIpc) is 2.87. The predicted octanol–water partition coefficient (Wildman–Crippen LogP) is 3.42. The summed E-state index contributed by atoms with van der Waals surface area (Å²) in [5, 5.41) is 17.1. The fraction of sp³-hybridized carbons (Fsp3) is 0.333. The molecule has 4 amide bonds. The number of rotatable bonds is 10. The lowest BCUT2D eigenvalue weighted by Crippen LogP contribution is -2.54. The van der Waals surface area contributed by atoms with E-state index in [2.05, 4.69) is 10.6 Å². The SMILES string of the molecule is Cc1ccc(C(C(=O)Nc2ccc3ccccc3c2)N(CCO)C(=O)C(CC(N)=O)NC(=O)OC(C)(C)C)cc1. The second-order valence-electron chi connectivity index (χ2n) is 10.5. The minimum absolute atomic E-state index is 0.256. The van der Waals surface area contributed by atoms with E-state index >= 15 is 0 Å². The van der Waals surface area contributed by atoms with Crippen molar-refractivity contribution >= 4 is 40.3 Å². The Hall–Kier alpha value is -4.44. The van der Waals surface area contributed by atoms with Crippen molar-refractivity contribution in [2.24, 2.45) is 5.73 Å². The molecule has 3 aromatic rings. The zero-order chi connectivity index (χ0) is 29.4. The van der Waals surface area contributed by atoms with E-state index in [4.69, 9.17) is 10.5 Å². The topological polar surface area (TPSA) is 151 Å². The van der Waals surface area contributed by atoms with Gasteiger partial charge in [-0.15, -0.1) is 0 Å². The fourth-order valence-corrected chi connectivity index (χ4v) is 4.22. The van der Waals surface area contributed by atoms with Crippen molar-refractivity contribution in [2.45, 2.75) is 51.8 Å². The Morgan fingerprint density at radius 3 is 2.23 bits per heavy atom. The molecule has 0 fully saturated rings. The molecule has 3 aromatic carbocycles. The zero-order valence-corrected chi connectivity index (χ0v) is 23.1. The molecule has 0 aliphatic rings. The molecule has 2 atom stereocenters. The number of anilines is 1. The summed E-state index contributed by atoms with van der Waals surface area (Å²) in [4.78, 5) is 53.2. The van der Waals surface area contributed by atoms with Crippen LogP contribution in [0.25, 0.3) is 10.8 Å². The van der Waals surface area contributed by atoms with Gasteiger partial charge in [0.15, 0.2) is 0 Å². The Morgan fingerprint density at radius 1 is 0.975 bits per heavy atom. The number of fused-ring (bicyclic) bond motifs is 1. The lowest BCUT2D eigenvalue weighted by Gasteiger charge is -2.34. The third-order valence-electron chi connectivity index (χ3n) is 5.99. The van der Waals surface area contributed by atoms with Gasteiger partial charge < -0.3 is 31.1 Å². The summed E-state index contributed by atoms with van der Waals surface area (Å²) in [6.45, 7) is 6.11. The molecule has 3 rings (SSSR count). The molecular formula is C30H36N4O6. The smallest absolute Gasteiger partial charge is 0.408 e. The van der Waals surface area contributed by atoms with Gasteiger partial charge in [-0.05, 0) is 56.2 Å². The molecule has 0 bridgehead atoms. The van der Waals surface area contributed by atoms with Crippen LogP contribution in [0.3, 0.4) is 0 Å². The van der Waals surface area contributed by atoms with Crippen LogP contribution in [0.4, 0.5) is 10.5 Å². The number of aliphatic hydroxyl groups excluding tert-OH is 1. The van der Waals surface area contributed by atoms with Gasteiger partial charge in [0.2, 0.25) is 11.8 Å². The average molecular weight is 549 g/mol. The van der Waals surface area contributed by atoms with E-state index in [1.54, 1.807) is 51.1 Å². The molecule has 5 N–H and O–H groups in total. The lowest BCUT2D eigenvalue weighted by molar-refractivity contribution is -0.142. The number of hydrogen-bond donors (Lipinski definition) is 4. The summed E-state index contributed by atoms with van der Waals surface area (Å²) in [6, 6.07) is 17.5. The lowest BCUT2D eigenvalue weighted by atomic mass is 10.0. The molecule has 0 aliphatic carbocycles. The fourth-order valence-electron chi connectivity index (χ4n) is 4.22. The summed E-state index contributed by atoms with van der Waals surface area (Å²) < 4.78 is 5.26. The number of aryl methyl sites for hydroxylation is 1. The van der Waals surface area contributed by atoms with Crippen molar-refractivity contribution in [1.82, 2.24) is 10.2 Å². The van der Waals surface area contributed by atoms with Gasteiger partial charge in [0.1, 0.15) is 17.7 Å². The Bertz CT molecular complexity index is 1370. The number of nitrogens with zero attached hydrogens (tertiary/aromatic N) is 1. The van der Waals surface area contributed by atoms with Gasteiger partial charge >= 0.3 is 6.09 Å². The first-order valence-electron chi connectivity index (χ1n) is 12.9. The van der Waals surface area contributed by atoms with Crippen LogP contribution < -0.4 is 16.4 Å². The first-order valence-corrected chi connectivity index (χ1v) is 12.9. The van der Waals surface area contributed by atoms with Gasteiger partial charge in [-0.3, -0.25) is 14.4 Å². The number of amides is 4. The summed E-state index contributed by atoms with van der Waals surface area (Å²) in [5.41, 5.74) is 6.45. The Kier molecular flexibility index (Phi) is 9.84. The van der Waals surface area contributed by atoms with Crippen molar-refractivity contribution in [1.29, 1.82) is 0 Å². The number of alkyl carbamates (subject to hydrolysis) is 1. The van der Waals surface area contributed by atoms with Crippen molar-refractivity contribution in [2.75, 3.05) is 18.5 Å². The number of primary amides is 1. The third kappa shape index (κ3) is 8.28. The van der Waals surface area contributed by atoms with Crippen LogP contribution in [0.5, 0.6) is 0 Å². The zero-order valence-electron chi connectivity index (χ0n) is 23.1. The van der Waals surface area contributed by atoms with E-state index in [-0.39, 0.29) is 6.54 Å². The highest BCUT2D eigenvalue weighted by atomic mass is 16.6. The van der Waals surface area contributed by atoms with Crippen molar-refractivity contribution in [3.63, 3.8) is 0 Å². The minimum atomic E-state index is -1.43. The number of carbonyl (C=O) groups excluding carboxylic acids is 4. The number of carbonyl (C=O) groups is 4. The molecule has 0 heterocycles. The molecule has 0 saturated carbocycles. The molecule has 2 unspecified atom stereocenters. The summed E-state index contributed by atoms with van der Waals surface area (Å²) in [7, 11) is 0. The first-order chi connectivity index (χ1) is 18.9. The van der Waals surface area contributed by atoms with Crippen molar-refractivity contribution in [3.8, 4) is 0 Å². The summed E-state index contributed by atoms with van der Waals surface area (Å²) >= 11 is 0. The van der Waals surface area contributed by atoms with E-state index < -0.39 is 54.5 Å². The Balaban J connectivity index is 1.99. The molecule has 0 radical (unpaired) electrons. The van der Waals surface area contributed by atoms with Crippen LogP contribution in [0.15, 0.2) is 66.7 Å². The third-order valence-corrected chi connectivity index (χ3v) is 5.99. The molecule has 40 heavy (non-hydrogen) atoms. The van der Waals surface area contributed by atoms with E-state index in [1.807, 2.05) is 43.3 Å². The number of aliphatic hydroxyl groups is 1. The molecule has 10 nitrogen and oxygen atoms in total. The second kappa shape index (κ2) is 13.1. The highest BCUT2D eigenvalue weighted by Gasteiger charge is 2.37. The van der Waals surface area contributed by atoms with E-state index in [1.165, 1.54) is 0 Å². The minimum Gasteiger partial charge on any atom is -0.444 e. The van der Waals surface area contributed by atoms with Gasteiger partial charge in [-0.1, -0.05) is 60.2 Å². The van der Waals surface area contributed by atoms with E-state index in [9.17, 15) is 24.3 Å².